The summed E-state index contributed by atoms with van der Waals surface area (Å²) in [5, 5.41) is 4.87. The summed E-state index contributed by atoms with van der Waals surface area (Å²) in [5.74, 6) is 0. The van der Waals surface area contributed by atoms with Gasteiger partial charge in [0.05, 0.1) is 5.52 Å². The predicted octanol–water partition coefficient (Wildman–Crippen LogP) is 2.50. The van der Waals surface area contributed by atoms with Gasteiger partial charge in [0.2, 0.25) is 0 Å². The number of nitrogens with zero attached hydrogens (tertiary/aromatic N) is 1. The van der Waals surface area contributed by atoms with Crippen LogP contribution in [0.3, 0.4) is 0 Å². The normalized spacial score (nSPS) is 17.1. The Labute approximate surface area is 107 Å². The maximum absolute atomic E-state index is 5.37. The second-order valence-electron chi connectivity index (χ2n) is 4.75. The van der Waals surface area contributed by atoms with Gasteiger partial charge in [-0.3, -0.25) is 4.98 Å². The van der Waals surface area contributed by atoms with Gasteiger partial charge < -0.3 is 10.1 Å². The molecule has 2 heterocycles. The first-order valence-electron chi connectivity index (χ1n) is 6.57. The molecule has 0 radical (unpaired) electrons. The van der Waals surface area contributed by atoms with Crippen LogP contribution >= 0.6 is 0 Å². The second kappa shape index (κ2) is 5.46. The molecule has 1 aromatic carbocycles. The van der Waals surface area contributed by atoms with Crippen LogP contribution in [-0.4, -0.2) is 24.2 Å². The summed E-state index contributed by atoms with van der Waals surface area (Å²) in [7, 11) is 0. The molecule has 2 aromatic rings. The van der Waals surface area contributed by atoms with Crippen molar-refractivity contribution in [2.24, 2.45) is 0 Å². The third kappa shape index (κ3) is 2.52. The quantitative estimate of drug-likeness (QED) is 0.898. The molecule has 1 aromatic heterocycles. The number of hydrogen-bond acceptors (Lipinski definition) is 3. The lowest BCUT2D eigenvalue weighted by atomic mass is 10.1. The van der Waals surface area contributed by atoms with Crippen LogP contribution in [0.25, 0.3) is 10.9 Å². The van der Waals surface area contributed by atoms with Gasteiger partial charge in [-0.1, -0.05) is 18.2 Å². The topological polar surface area (TPSA) is 34.1 Å². The number of benzene rings is 1. The molecule has 1 aliphatic rings. The first-order valence-corrected chi connectivity index (χ1v) is 6.57. The summed E-state index contributed by atoms with van der Waals surface area (Å²) < 4.78 is 5.37. The van der Waals surface area contributed by atoms with Gasteiger partial charge in [-0.05, 0) is 30.5 Å². The minimum Gasteiger partial charge on any atom is -0.381 e. The van der Waals surface area contributed by atoms with Crippen LogP contribution in [0, 0.1) is 0 Å². The summed E-state index contributed by atoms with van der Waals surface area (Å²) >= 11 is 0. The van der Waals surface area contributed by atoms with Gasteiger partial charge in [0, 0.05) is 37.4 Å². The summed E-state index contributed by atoms with van der Waals surface area (Å²) in [6.07, 6.45) is 4.12. The maximum Gasteiger partial charge on any atom is 0.0705 e. The molecular weight excluding hydrogens is 224 g/mol. The predicted molar refractivity (Wildman–Crippen MR) is 72.4 cm³/mol. The van der Waals surface area contributed by atoms with Gasteiger partial charge in [-0.25, -0.2) is 0 Å². The number of rotatable bonds is 3. The van der Waals surface area contributed by atoms with Crippen LogP contribution < -0.4 is 5.32 Å². The summed E-state index contributed by atoms with van der Waals surface area (Å²) in [4.78, 5) is 4.39. The number of fused-ring (bicyclic) bond motifs is 1. The fourth-order valence-electron chi connectivity index (χ4n) is 2.47. The number of ether oxygens (including phenoxy) is 1. The SMILES string of the molecule is c1ccc2c(CNC3CCOCC3)ccnc2c1. The highest BCUT2D eigenvalue weighted by atomic mass is 16.5. The molecule has 0 bridgehead atoms. The van der Waals surface area contributed by atoms with Crippen molar-refractivity contribution >= 4 is 10.9 Å². The molecule has 18 heavy (non-hydrogen) atoms. The molecule has 1 saturated heterocycles. The van der Waals surface area contributed by atoms with Crippen molar-refractivity contribution in [3.63, 3.8) is 0 Å². The molecule has 1 N–H and O–H groups in total. The van der Waals surface area contributed by atoms with Crippen molar-refractivity contribution in [3.8, 4) is 0 Å². The Bertz CT molecular complexity index is 515. The third-order valence-corrected chi connectivity index (χ3v) is 3.54. The molecule has 0 aliphatic carbocycles. The minimum atomic E-state index is 0.589. The lowest BCUT2D eigenvalue weighted by Crippen LogP contribution is -2.34. The number of aromatic nitrogens is 1. The highest BCUT2D eigenvalue weighted by molar-refractivity contribution is 5.81. The lowest BCUT2D eigenvalue weighted by Gasteiger charge is -2.23. The zero-order chi connectivity index (χ0) is 12.2. The molecule has 0 amide bonds. The van der Waals surface area contributed by atoms with Gasteiger partial charge in [0.15, 0.2) is 0 Å². The van der Waals surface area contributed by atoms with E-state index in [4.69, 9.17) is 4.74 Å². The Morgan fingerprint density at radius 2 is 2.00 bits per heavy atom. The number of para-hydroxylation sites is 1. The maximum atomic E-state index is 5.37. The summed E-state index contributed by atoms with van der Waals surface area (Å²) in [6.45, 7) is 2.68. The monoisotopic (exact) mass is 242 g/mol. The van der Waals surface area contributed by atoms with E-state index in [0.29, 0.717) is 6.04 Å². The van der Waals surface area contributed by atoms with Crippen molar-refractivity contribution in [2.45, 2.75) is 25.4 Å². The van der Waals surface area contributed by atoms with Crippen LogP contribution in [0.4, 0.5) is 0 Å². The zero-order valence-electron chi connectivity index (χ0n) is 10.4. The van der Waals surface area contributed by atoms with E-state index in [9.17, 15) is 0 Å². The molecule has 1 aliphatic heterocycles. The fraction of sp³-hybridized carbons (Fsp3) is 0.400. The van der Waals surface area contributed by atoms with Crippen molar-refractivity contribution in [1.29, 1.82) is 0 Å². The Balaban J connectivity index is 1.74. The van der Waals surface area contributed by atoms with Crippen LogP contribution in [0.15, 0.2) is 36.5 Å². The smallest absolute Gasteiger partial charge is 0.0705 e. The standard InChI is InChI=1S/C15H18N2O/c1-2-4-15-14(3-1)12(5-8-16-15)11-17-13-6-9-18-10-7-13/h1-5,8,13,17H,6-7,9-11H2. The largest absolute Gasteiger partial charge is 0.381 e. The van der Waals surface area contributed by atoms with E-state index in [1.807, 2.05) is 12.3 Å². The van der Waals surface area contributed by atoms with Crippen molar-refractivity contribution in [2.75, 3.05) is 13.2 Å². The van der Waals surface area contributed by atoms with Crippen molar-refractivity contribution in [1.82, 2.24) is 10.3 Å². The lowest BCUT2D eigenvalue weighted by molar-refractivity contribution is 0.0776. The van der Waals surface area contributed by atoms with Crippen molar-refractivity contribution in [3.05, 3.63) is 42.1 Å². The average Bonchev–Trinajstić information content (AvgIpc) is 2.46. The van der Waals surface area contributed by atoms with E-state index in [1.54, 1.807) is 0 Å². The Kier molecular flexibility index (Phi) is 3.53. The van der Waals surface area contributed by atoms with E-state index in [0.717, 1.165) is 38.1 Å². The molecule has 3 rings (SSSR count). The zero-order valence-corrected chi connectivity index (χ0v) is 10.4. The molecule has 94 valence electrons. The fourth-order valence-corrected chi connectivity index (χ4v) is 2.47. The Morgan fingerprint density at radius 3 is 2.89 bits per heavy atom. The third-order valence-electron chi connectivity index (χ3n) is 3.54. The summed E-state index contributed by atoms with van der Waals surface area (Å²) in [5.41, 5.74) is 2.40. The molecule has 1 fully saturated rings. The molecule has 0 spiro atoms. The molecule has 0 saturated carbocycles. The molecule has 0 unspecified atom stereocenters. The van der Waals surface area contributed by atoms with E-state index < -0.39 is 0 Å². The van der Waals surface area contributed by atoms with Gasteiger partial charge in [0.1, 0.15) is 0 Å². The highest BCUT2D eigenvalue weighted by Crippen LogP contribution is 2.16. The van der Waals surface area contributed by atoms with E-state index in [2.05, 4.69) is 34.6 Å². The molecule has 0 atom stereocenters. The first-order chi connectivity index (χ1) is 8.93. The Hall–Kier alpha value is -1.45. The van der Waals surface area contributed by atoms with E-state index in [1.165, 1.54) is 10.9 Å². The van der Waals surface area contributed by atoms with Gasteiger partial charge in [-0.15, -0.1) is 0 Å². The average molecular weight is 242 g/mol. The first kappa shape index (κ1) is 11.6. The molecular formula is C15H18N2O. The molecule has 3 nitrogen and oxygen atoms in total. The van der Waals surface area contributed by atoms with Crippen molar-refractivity contribution < 1.29 is 4.74 Å². The van der Waals surface area contributed by atoms with E-state index in [-0.39, 0.29) is 0 Å². The van der Waals surface area contributed by atoms with Crippen LogP contribution in [0.1, 0.15) is 18.4 Å². The number of hydrogen-bond donors (Lipinski definition) is 1. The van der Waals surface area contributed by atoms with Gasteiger partial charge >= 0.3 is 0 Å². The molecule has 3 heteroatoms. The second-order valence-corrected chi connectivity index (χ2v) is 4.75. The van der Waals surface area contributed by atoms with Gasteiger partial charge in [-0.2, -0.15) is 0 Å². The highest BCUT2D eigenvalue weighted by Gasteiger charge is 2.13. The van der Waals surface area contributed by atoms with Crippen LogP contribution in [-0.2, 0) is 11.3 Å². The summed E-state index contributed by atoms with van der Waals surface area (Å²) in [6, 6.07) is 11.0. The minimum absolute atomic E-state index is 0.589. The van der Waals surface area contributed by atoms with Crippen LogP contribution in [0.5, 0.6) is 0 Å². The number of nitrogens with one attached hydrogen (secondary N) is 1. The Morgan fingerprint density at radius 1 is 1.17 bits per heavy atom. The van der Waals surface area contributed by atoms with Gasteiger partial charge in [0.25, 0.3) is 0 Å². The number of pyridine rings is 1. The van der Waals surface area contributed by atoms with Crippen LogP contribution in [0.2, 0.25) is 0 Å². The van der Waals surface area contributed by atoms with E-state index >= 15 is 0 Å².